The Morgan fingerprint density at radius 2 is 1.95 bits per heavy atom. The van der Waals surface area contributed by atoms with Gasteiger partial charge in [-0.2, -0.15) is 5.10 Å². The molecule has 98 valence electrons. The number of halogens is 1. The zero-order chi connectivity index (χ0) is 13.4. The quantitative estimate of drug-likeness (QED) is 0.916. The third-order valence-corrected chi connectivity index (χ3v) is 3.54. The number of anilines is 1. The van der Waals surface area contributed by atoms with Crippen LogP contribution in [0.1, 0.15) is 6.42 Å². The molecule has 0 saturated carbocycles. The van der Waals surface area contributed by atoms with Crippen LogP contribution in [-0.2, 0) is 4.79 Å². The van der Waals surface area contributed by atoms with Gasteiger partial charge in [0.25, 0.3) is 0 Å². The topological polar surface area (TPSA) is 64.2 Å². The highest BCUT2D eigenvalue weighted by molar-refractivity contribution is 9.10. The van der Waals surface area contributed by atoms with Gasteiger partial charge in [-0.05, 0) is 40.2 Å². The van der Waals surface area contributed by atoms with Crippen molar-refractivity contribution in [2.75, 3.05) is 11.4 Å². The molecule has 0 spiro atoms. The molecule has 1 aliphatic heterocycles. The summed E-state index contributed by atoms with van der Waals surface area (Å²) in [6.07, 6.45) is 4.04. The third-order valence-electron chi connectivity index (χ3n) is 3.13. The lowest BCUT2D eigenvalue weighted by atomic mass is 10.2. The third kappa shape index (κ3) is 2.41. The van der Waals surface area contributed by atoms with Crippen LogP contribution in [0.5, 0.6) is 0 Å². The van der Waals surface area contributed by atoms with E-state index in [1.54, 1.807) is 15.8 Å². The molecule has 1 saturated heterocycles. The van der Waals surface area contributed by atoms with Gasteiger partial charge in [-0.15, -0.1) is 0 Å². The van der Waals surface area contributed by atoms with E-state index < -0.39 is 0 Å². The number of benzene rings is 1. The van der Waals surface area contributed by atoms with Crippen molar-refractivity contribution in [2.45, 2.75) is 12.5 Å². The molecule has 1 amide bonds. The Kier molecular flexibility index (Phi) is 3.12. The Morgan fingerprint density at radius 1 is 1.26 bits per heavy atom. The van der Waals surface area contributed by atoms with Crippen LogP contribution in [0.4, 0.5) is 5.69 Å². The smallest absolute Gasteiger partial charge is 0.228 e. The first kappa shape index (κ1) is 12.4. The largest absolute Gasteiger partial charge is 0.326 e. The molecule has 0 bridgehead atoms. The molecule has 6 heteroatoms. The fraction of sp³-hybridized carbons (Fsp3) is 0.231. The van der Waals surface area contributed by atoms with Gasteiger partial charge in [0.05, 0.1) is 16.4 Å². The molecule has 0 radical (unpaired) electrons. The first-order valence-electron chi connectivity index (χ1n) is 6.00. The van der Waals surface area contributed by atoms with E-state index in [2.05, 4.69) is 21.0 Å². The Balaban J connectivity index is 1.85. The number of rotatable bonds is 2. The predicted octanol–water partition coefficient (Wildman–Crippen LogP) is 1.70. The lowest BCUT2D eigenvalue weighted by Crippen LogP contribution is -2.27. The van der Waals surface area contributed by atoms with Crippen LogP contribution < -0.4 is 10.6 Å². The summed E-state index contributed by atoms with van der Waals surface area (Å²) in [5.74, 6) is 0.0853. The fourth-order valence-corrected chi connectivity index (χ4v) is 2.50. The highest BCUT2D eigenvalue weighted by Gasteiger charge is 2.27. The second-order valence-electron chi connectivity index (χ2n) is 4.59. The predicted molar refractivity (Wildman–Crippen MR) is 76.2 cm³/mol. The van der Waals surface area contributed by atoms with Crippen molar-refractivity contribution in [3.63, 3.8) is 0 Å². The lowest BCUT2D eigenvalue weighted by molar-refractivity contribution is -0.117. The summed E-state index contributed by atoms with van der Waals surface area (Å²) in [6, 6.07) is 7.65. The van der Waals surface area contributed by atoms with Crippen LogP contribution in [-0.4, -0.2) is 28.3 Å². The summed E-state index contributed by atoms with van der Waals surface area (Å²) in [5.41, 5.74) is 7.63. The fourth-order valence-electron chi connectivity index (χ4n) is 2.21. The van der Waals surface area contributed by atoms with Crippen molar-refractivity contribution in [1.82, 2.24) is 9.78 Å². The molecular weight excluding hydrogens is 308 g/mol. The van der Waals surface area contributed by atoms with Gasteiger partial charge >= 0.3 is 0 Å². The van der Waals surface area contributed by atoms with E-state index in [1.165, 1.54) is 0 Å². The number of carbonyl (C=O) groups excluding carboxylic acids is 1. The van der Waals surface area contributed by atoms with Crippen LogP contribution in [0.25, 0.3) is 5.69 Å². The van der Waals surface area contributed by atoms with Gasteiger partial charge in [0, 0.05) is 30.9 Å². The van der Waals surface area contributed by atoms with Crippen LogP contribution in [0.15, 0.2) is 41.1 Å². The molecule has 2 heterocycles. The maximum Gasteiger partial charge on any atom is 0.228 e. The van der Waals surface area contributed by atoms with E-state index in [-0.39, 0.29) is 11.9 Å². The molecule has 1 aromatic carbocycles. The molecule has 5 nitrogen and oxygen atoms in total. The second kappa shape index (κ2) is 4.79. The standard InChI is InChI=1S/C13H13BrN4O/c14-9-6-16-18(7-9)12-3-1-11(2-4-12)17-8-10(15)5-13(17)19/h1-4,6-7,10H,5,8,15H2. The number of hydrogen-bond donors (Lipinski definition) is 1. The molecule has 1 aliphatic rings. The maximum atomic E-state index is 11.8. The van der Waals surface area contributed by atoms with Crippen LogP contribution in [0.3, 0.4) is 0 Å². The molecule has 19 heavy (non-hydrogen) atoms. The van der Waals surface area contributed by atoms with Crippen LogP contribution >= 0.6 is 15.9 Å². The Labute approximate surface area is 119 Å². The van der Waals surface area contributed by atoms with Gasteiger partial charge in [-0.3, -0.25) is 4.79 Å². The minimum absolute atomic E-state index is 0.0609. The summed E-state index contributed by atoms with van der Waals surface area (Å²) < 4.78 is 2.70. The van der Waals surface area contributed by atoms with E-state index in [9.17, 15) is 4.79 Å². The number of nitrogens with two attached hydrogens (primary N) is 1. The normalized spacial score (nSPS) is 19.2. The first-order valence-corrected chi connectivity index (χ1v) is 6.79. The molecule has 2 N–H and O–H groups in total. The average molecular weight is 321 g/mol. The molecule has 3 rings (SSSR count). The monoisotopic (exact) mass is 320 g/mol. The van der Waals surface area contributed by atoms with E-state index in [0.717, 1.165) is 15.8 Å². The van der Waals surface area contributed by atoms with Crippen molar-refractivity contribution in [3.8, 4) is 5.69 Å². The Morgan fingerprint density at radius 3 is 2.47 bits per heavy atom. The Bertz CT molecular complexity index is 607. The molecular formula is C13H13BrN4O. The van der Waals surface area contributed by atoms with E-state index in [1.807, 2.05) is 30.5 Å². The average Bonchev–Trinajstić information content (AvgIpc) is 2.96. The number of hydrogen-bond acceptors (Lipinski definition) is 3. The SMILES string of the molecule is NC1CC(=O)N(c2ccc(-n3cc(Br)cn3)cc2)C1. The van der Waals surface area contributed by atoms with Gasteiger partial charge in [0.1, 0.15) is 0 Å². The number of carbonyl (C=O) groups is 1. The maximum absolute atomic E-state index is 11.8. The van der Waals surface area contributed by atoms with E-state index in [4.69, 9.17) is 5.73 Å². The van der Waals surface area contributed by atoms with Crippen LogP contribution in [0.2, 0.25) is 0 Å². The minimum Gasteiger partial charge on any atom is -0.326 e. The number of aromatic nitrogens is 2. The van der Waals surface area contributed by atoms with E-state index >= 15 is 0 Å². The first-order chi connectivity index (χ1) is 9.13. The molecule has 1 fully saturated rings. The molecule has 0 aliphatic carbocycles. The lowest BCUT2D eigenvalue weighted by Gasteiger charge is -2.16. The Hall–Kier alpha value is -1.66. The summed E-state index contributed by atoms with van der Waals surface area (Å²) in [7, 11) is 0. The van der Waals surface area contributed by atoms with Crippen molar-refractivity contribution in [1.29, 1.82) is 0 Å². The highest BCUT2D eigenvalue weighted by Crippen LogP contribution is 2.22. The van der Waals surface area contributed by atoms with Crippen LogP contribution in [0, 0.1) is 0 Å². The van der Waals surface area contributed by atoms with Gasteiger partial charge < -0.3 is 10.6 Å². The van der Waals surface area contributed by atoms with Gasteiger partial charge in [0.2, 0.25) is 5.91 Å². The second-order valence-corrected chi connectivity index (χ2v) is 5.50. The summed E-state index contributed by atoms with van der Waals surface area (Å²) in [5, 5.41) is 4.21. The molecule has 1 unspecified atom stereocenters. The molecule has 1 atom stereocenters. The van der Waals surface area contributed by atoms with Gasteiger partial charge in [-0.1, -0.05) is 0 Å². The van der Waals surface area contributed by atoms with E-state index in [0.29, 0.717) is 13.0 Å². The van der Waals surface area contributed by atoms with Crippen molar-refractivity contribution in [3.05, 3.63) is 41.1 Å². The zero-order valence-electron chi connectivity index (χ0n) is 10.2. The number of amides is 1. The summed E-state index contributed by atoms with van der Waals surface area (Å²) in [4.78, 5) is 13.5. The van der Waals surface area contributed by atoms with Crippen molar-refractivity contribution < 1.29 is 4.79 Å². The molecule has 1 aromatic heterocycles. The summed E-state index contributed by atoms with van der Waals surface area (Å²) in [6.45, 7) is 0.589. The molecule has 2 aromatic rings. The van der Waals surface area contributed by atoms with Crippen molar-refractivity contribution >= 4 is 27.5 Å². The zero-order valence-corrected chi connectivity index (χ0v) is 11.7. The van der Waals surface area contributed by atoms with Gasteiger partial charge in [-0.25, -0.2) is 4.68 Å². The number of nitrogens with zero attached hydrogens (tertiary/aromatic N) is 3. The van der Waals surface area contributed by atoms with Gasteiger partial charge in [0.15, 0.2) is 0 Å². The van der Waals surface area contributed by atoms with Crippen molar-refractivity contribution in [2.24, 2.45) is 5.73 Å². The summed E-state index contributed by atoms with van der Waals surface area (Å²) >= 11 is 3.36. The minimum atomic E-state index is -0.0609. The highest BCUT2D eigenvalue weighted by atomic mass is 79.9.